The van der Waals surface area contributed by atoms with E-state index in [0.717, 1.165) is 0 Å². The van der Waals surface area contributed by atoms with Gasteiger partial charge in [-0.1, -0.05) is 0 Å². The van der Waals surface area contributed by atoms with Crippen LogP contribution in [0.15, 0.2) is 41.7 Å². The van der Waals surface area contributed by atoms with Crippen molar-refractivity contribution in [3.63, 3.8) is 0 Å². The van der Waals surface area contributed by atoms with Crippen molar-refractivity contribution in [2.75, 3.05) is 21.3 Å². The van der Waals surface area contributed by atoms with E-state index in [0.29, 0.717) is 28.4 Å². The summed E-state index contributed by atoms with van der Waals surface area (Å²) in [4.78, 5) is 19.7. The summed E-state index contributed by atoms with van der Waals surface area (Å²) in [6.07, 6.45) is 4.51. The summed E-state index contributed by atoms with van der Waals surface area (Å²) in [6, 6.07) is 6.76. The largest absolute Gasteiger partial charge is 0.493 e. The Morgan fingerprint density at radius 2 is 1.82 bits per heavy atom. The smallest absolute Gasteiger partial charge is 0.278 e. The van der Waals surface area contributed by atoms with E-state index < -0.39 is 0 Å². The topological polar surface area (TPSA) is 70.0 Å². The summed E-state index contributed by atoms with van der Waals surface area (Å²) < 4.78 is 15.7. The van der Waals surface area contributed by atoms with Gasteiger partial charge in [0.25, 0.3) is 5.91 Å². The highest BCUT2D eigenvalue weighted by Gasteiger charge is 2.12. The maximum atomic E-state index is 11.9. The minimum atomic E-state index is -0.373. The van der Waals surface area contributed by atoms with Gasteiger partial charge in [0, 0.05) is 24.2 Å². The van der Waals surface area contributed by atoms with Crippen molar-refractivity contribution in [2.45, 2.75) is 0 Å². The van der Waals surface area contributed by atoms with Crippen molar-refractivity contribution in [2.24, 2.45) is 4.99 Å². The van der Waals surface area contributed by atoms with Crippen LogP contribution in [0.4, 0.5) is 0 Å². The molecule has 0 spiro atoms. The van der Waals surface area contributed by atoms with Gasteiger partial charge in [0.1, 0.15) is 0 Å². The Kier molecular flexibility index (Phi) is 5.08. The number of aliphatic imine (C=N–C) groups is 1. The lowest BCUT2D eigenvalue weighted by Crippen LogP contribution is -1.99. The maximum absolute atomic E-state index is 11.9. The predicted molar refractivity (Wildman–Crippen MR) is 82.3 cm³/mol. The summed E-state index contributed by atoms with van der Waals surface area (Å²) >= 11 is 0. The highest BCUT2D eigenvalue weighted by molar-refractivity contribution is 6.01. The molecule has 0 aliphatic heterocycles. The van der Waals surface area contributed by atoms with Gasteiger partial charge >= 0.3 is 0 Å². The average molecular weight is 300 g/mol. The molecule has 0 bridgehead atoms. The molecule has 0 unspecified atom stereocenters. The van der Waals surface area contributed by atoms with Gasteiger partial charge in [0.2, 0.25) is 5.75 Å². The van der Waals surface area contributed by atoms with E-state index >= 15 is 0 Å². The molecule has 0 fully saturated rings. The molecular formula is C16H16N2O4. The molecule has 1 amide bonds. The lowest BCUT2D eigenvalue weighted by atomic mass is 10.2. The van der Waals surface area contributed by atoms with E-state index in [1.807, 2.05) is 0 Å². The van der Waals surface area contributed by atoms with Gasteiger partial charge in [-0.15, -0.1) is 0 Å². The van der Waals surface area contributed by atoms with Crippen LogP contribution >= 0.6 is 0 Å². The normalized spacial score (nSPS) is 10.5. The fraction of sp³-hybridized carbons (Fsp3) is 0.188. The van der Waals surface area contributed by atoms with Crippen molar-refractivity contribution in [3.05, 3.63) is 47.8 Å². The summed E-state index contributed by atoms with van der Waals surface area (Å²) in [6.45, 7) is 0. The van der Waals surface area contributed by atoms with Crippen molar-refractivity contribution in [1.29, 1.82) is 0 Å². The second kappa shape index (κ2) is 7.21. The van der Waals surface area contributed by atoms with Gasteiger partial charge in [-0.3, -0.25) is 9.78 Å². The fourth-order valence-corrected chi connectivity index (χ4v) is 1.87. The third kappa shape index (κ3) is 3.41. The average Bonchev–Trinajstić information content (AvgIpc) is 2.59. The number of benzene rings is 1. The quantitative estimate of drug-likeness (QED) is 0.793. The summed E-state index contributed by atoms with van der Waals surface area (Å²) in [5, 5.41) is 0. The van der Waals surface area contributed by atoms with Crippen LogP contribution < -0.4 is 14.2 Å². The number of methoxy groups -OCH3 is 3. The number of ether oxygens (including phenoxy) is 3. The third-order valence-electron chi connectivity index (χ3n) is 2.93. The molecular weight excluding hydrogens is 284 g/mol. The molecule has 0 radical (unpaired) electrons. The van der Waals surface area contributed by atoms with Gasteiger partial charge in [0.05, 0.1) is 26.9 Å². The van der Waals surface area contributed by atoms with Gasteiger partial charge in [0.15, 0.2) is 11.5 Å². The van der Waals surface area contributed by atoms with Gasteiger partial charge in [-0.05, 0) is 24.3 Å². The molecule has 0 saturated heterocycles. The lowest BCUT2D eigenvalue weighted by Gasteiger charge is -2.12. The molecule has 1 heterocycles. The Bertz CT molecular complexity index is 659. The first-order valence-corrected chi connectivity index (χ1v) is 6.48. The van der Waals surface area contributed by atoms with Crippen LogP contribution in [0.25, 0.3) is 0 Å². The molecule has 0 aliphatic rings. The van der Waals surface area contributed by atoms with E-state index in [-0.39, 0.29) is 5.91 Å². The molecule has 2 rings (SSSR count). The number of amides is 1. The van der Waals surface area contributed by atoms with Crippen LogP contribution in [0.1, 0.15) is 15.9 Å². The molecule has 6 heteroatoms. The predicted octanol–water partition coefficient (Wildman–Crippen LogP) is 2.37. The zero-order chi connectivity index (χ0) is 15.9. The third-order valence-corrected chi connectivity index (χ3v) is 2.93. The van der Waals surface area contributed by atoms with Gasteiger partial charge in [-0.25, -0.2) is 4.99 Å². The molecule has 1 aromatic heterocycles. The van der Waals surface area contributed by atoms with Crippen LogP contribution in [0.5, 0.6) is 17.2 Å². The number of pyridine rings is 1. The van der Waals surface area contributed by atoms with Crippen molar-refractivity contribution >= 4 is 12.1 Å². The van der Waals surface area contributed by atoms with Crippen molar-refractivity contribution in [1.82, 2.24) is 4.98 Å². The number of hydrogen-bond donors (Lipinski definition) is 0. The zero-order valence-electron chi connectivity index (χ0n) is 12.6. The SMILES string of the molecule is COc1cc(C=NC(=O)c2cccnc2)cc(OC)c1OC. The van der Waals surface area contributed by atoms with Crippen molar-refractivity contribution in [3.8, 4) is 17.2 Å². The molecule has 114 valence electrons. The number of rotatable bonds is 5. The number of carbonyl (C=O) groups excluding carboxylic acids is 1. The second-order valence-electron chi connectivity index (χ2n) is 4.26. The number of nitrogens with zero attached hydrogens (tertiary/aromatic N) is 2. The molecule has 6 nitrogen and oxygen atoms in total. The fourth-order valence-electron chi connectivity index (χ4n) is 1.87. The van der Waals surface area contributed by atoms with E-state index in [1.165, 1.54) is 33.7 Å². The van der Waals surface area contributed by atoms with E-state index in [9.17, 15) is 4.79 Å². The molecule has 0 N–H and O–H groups in total. The summed E-state index contributed by atoms with van der Waals surface area (Å²) in [5.41, 5.74) is 1.08. The second-order valence-corrected chi connectivity index (χ2v) is 4.26. The van der Waals surface area contributed by atoms with E-state index in [4.69, 9.17) is 14.2 Å². The highest BCUT2D eigenvalue weighted by Crippen LogP contribution is 2.37. The molecule has 1 aromatic carbocycles. The molecule has 0 saturated carbocycles. The number of hydrogen-bond acceptors (Lipinski definition) is 5. The first-order valence-electron chi connectivity index (χ1n) is 6.48. The Labute approximate surface area is 128 Å². The Hall–Kier alpha value is -2.89. The van der Waals surface area contributed by atoms with Crippen LogP contribution in [-0.2, 0) is 0 Å². The molecule has 0 atom stereocenters. The first kappa shape index (κ1) is 15.5. The summed E-state index contributed by atoms with van der Waals surface area (Å²) in [5.74, 6) is 1.11. The Morgan fingerprint density at radius 1 is 1.14 bits per heavy atom. The molecule has 22 heavy (non-hydrogen) atoms. The lowest BCUT2D eigenvalue weighted by molar-refractivity contribution is 0.100. The van der Waals surface area contributed by atoms with Crippen LogP contribution in [0, 0.1) is 0 Å². The number of aromatic nitrogens is 1. The van der Waals surface area contributed by atoms with Crippen LogP contribution in [0.2, 0.25) is 0 Å². The minimum absolute atomic E-state index is 0.373. The Balaban J connectivity index is 2.29. The first-order chi connectivity index (χ1) is 10.7. The minimum Gasteiger partial charge on any atom is -0.493 e. The van der Waals surface area contributed by atoms with Crippen molar-refractivity contribution < 1.29 is 19.0 Å². The van der Waals surface area contributed by atoms with E-state index in [1.54, 1.807) is 30.5 Å². The standard InChI is InChI=1S/C16H16N2O4/c1-20-13-7-11(8-14(21-2)15(13)22-3)9-18-16(19)12-5-4-6-17-10-12/h4-10H,1-3H3. The van der Waals surface area contributed by atoms with Crippen LogP contribution in [0.3, 0.4) is 0 Å². The molecule has 2 aromatic rings. The molecule has 0 aliphatic carbocycles. The van der Waals surface area contributed by atoms with Gasteiger partial charge < -0.3 is 14.2 Å². The zero-order valence-corrected chi connectivity index (χ0v) is 12.6. The highest BCUT2D eigenvalue weighted by atomic mass is 16.5. The summed E-state index contributed by atoms with van der Waals surface area (Å²) in [7, 11) is 4.58. The maximum Gasteiger partial charge on any atom is 0.278 e. The monoisotopic (exact) mass is 300 g/mol. The Morgan fingerprint density at radius 3 is 2.32 bits per heavy atom. The number of carbonyl (C=O) groups is 1. The van der Waals surface area contributed by atoms with E-state index in [2.05, 4.69) is 9.98 Å². The van der Waals surface area contributed by atoms with Crippen LogP contribution in [-0.4, -0.2) is 38.4 Å². The van der Waals surface area contributed by atoms with Gasteiger partial charge in [-0.2, -0.15) is 0 Å².